The highest BCUT2D eigenvalue weighted by molar-refractivity contribution is 5.80. The van der Waals surface area contributed by atoms with Crippen molar-refractivity contribution in [1.82, 2.24) is 14.7 Å². The molecule has 0 saturated carbocycles. The Morgan fingerprint density at radius 1 is 1.07 bits per heavy atom. The Kier molecular flexibility index (Phi) is 6.50. The molecule has 1 atom stereocenters. The molecule has 2 fully saturated rings. The van der Waals surface area contributed by atoms with Gasteiger partial charge in [0.1, 0.15) is 0 Å². The van der Waals surface area contributed by atoms with E-state index in [0.29, 0.717) is 32.8 Å². The van der Waals surface area contributed by atoms with Gasteiger partial charge in [0.25, 0.3) is 0 Å². The number of ether oxygens (including phenoxy) is 1. The topological polar surface area (TPSA) is 53.1 Å². The molecule has 3 aliphatic rings. The molecular weight excluding hydrogens is 366 g/mol. The van der Waals surface area contributed by atoms with Crippen LogP contribution >= 0.6 is 0 Å². The fourth-order valence-electron chi connectivity index (χ4n) is 4.99. The zero-order valence-corrected chi connectivity index (χ0v) is 17.5. The maximum Gasteiger partial charge on any atom is 0.237 e. The quantitative estimate of drug-likeness (QED) is 0.778. The van der Waals surface area contributed by atoms with E-state index in [2.05, 4.69) is 29.2 Å². The van der Waals surface area contributed by atoms with Gasteiger partial charge in [-0.15, -0.1) is 0 Å². The first-order chi connectivity index (χ1) is 14.1. The lowest BCUT2D eigenvalue weighted by atomic mass is 9.87. The van der Waals surface area contributed by atoms with Crippen LogP contribution < -0.4 is 0 Å². The van der Waals surface area contributed by atoms with Crippen molar-refractivity contribution >= 4 is 11.8 Å². The van der Waals surface area contributed by atoms with Gasteiger partial charge >= 0.3 is 0 Å². The summed E-state index contributed by atoms with van der Waals surface area (Å²) in [6, 6.07) is 8.71. The van der Waals surface area contributed by atoms with Crippen molar-refractivity contribution in [2.75, 3.05) is 53.0 Å². The molecule has 0 spiro atoms. The van der Waals surface area contributed by atoms with E-state index < -0.39 is 0 Å². The number of amides is 2. The summed E-state index contributed by atoms with van der Waals surface area (Å²) in [5.41, 5.74) is 2.69. The monoisotopic (exact) mass is 399 g/mol. The van der Waals surface area contributed by atoms with Gasteiger partial charge < -0.3 is 14.5 Å². The van der Waals surface area contributed by atoms with E-state index in [4.69, 9.17) is 4.74 Å². The highest BCUT2D eigenvalue weighted by atomic mass is 16.5. The van der Waals surface area contributed by atoms with Crippen molar-refractivity contribution in [1.29, 1.82) is 0 Å². The second-order valence-corrected chi connectivity index (χ2v) is 8.60. The SMILES string of the molecule is CN(C(=O)CN1CCC(C(=O)N2CCOCC2)CC1)C1CCCc2ccccc21. The molecule has 2 saturated heterocycles. The van der Waals surface area contributed by atoms with Gasteiger partial charge in [0.2, 0.25) is 11.8 Å². The smallest absolute Gasteiger partial charge is 0.237 e. The number of benzene rings is 1. The number of likely N-dealkylation sites (tertiary alicyclic amines) is 1. The first-order valence-electron chi connectivity index (χ1n) is 11.1. The lowest BCUT2D eigenvalue weighted by Gasteiger charge is -2.37. The van der Waals surface area contributed by atoms with Crippen molar-refractivity contribution < 1.29 is 14.3 Å². The number of rotatable bonds is 4. The van der Waals surface area contributed by atoms with Crippen LogP contribution in [0.5, 0.6) is 0 Å². The third kappa shape index (κ3) is 4.64. The zero-order chi connectivity index (χ0) is 20.2. The number of carbonyl (C=O) groups excluding carboxylic acids is 2. The van der Waals surface area contributed by atoms with Gasteiger partial charge in [-0.25, -0.2) is 0 Å². The summed E-state index contributed by atoms with van der Waals surface area (Å²) < 4.78 is 5.35. The molecule has 1 unspecified atom stereocenters. The maximum absolute atomic E-state index is 13.0. The van der Waals surface area contributed by atoms with Crippen LogP contribution in [0.25, 0.3) is 0 Å². The normalized spacial score (nSPS) is 23.5. The van der Waals surface area contributed by atoms with Gasteiger partial charge in [-0.05, 0) is 56.3 Å². The van der Waals surface area contributed by atoms with Crippen molar-refractivity contribution in [3.8, 4) is 0 Å². The molecular formula is C23H33N3O3. The summed E-state index contributed by atoms with van der Waals surface area (Å²) in [6.45, 7) is 4.82. The molecule has 1 aliphatic carbocycles. The van der Waals surface area contributed by atoms with Crippen molar-refractivity contribution in [3.05, 3.63) is 35.4 Å². The zero-order valence-electron chi connectivity index (χ0n) is 17.5. The number of likely N-dealkylation sites (N-methyl/N-ethyl adjacent to an activating group) is 1. The number of aryl methyl sites for hydroxylation is 1. The van der Waals surface area contributed by atoms with E-state index >= 15 is 0 Å². The van der Waals surface area contributed by atoms with Gasteiger partial charge in [-0.3, -0.25) is 14.5 Å². The van der Waals surface area contributed by atoms with Gasteiger partial charge in [0, 0.05) is 26.1 Å². The predicted molar refractivity (Wildman–Crippen MR) is 111 cm³/mol. The van der Waals surface area contributed by atoms with E-state index in [9.17, 15) is 9.59 Å². The van der Waals surface area contributed by atoms with Crippen LogP contribution in [0.15, 0.2) is 24.3 Å². The van der Waals surface area contributed by atoms with Gasteiger partial charge in [0.05, 0.1) is 25.8 Å². The standard InChI is InChI=1S/C23H33N3O3/c1-24(21-8-4-6-18-5-2-3-7-20(18)21)22(27)17-25-11-9-19(10-12-25)23(28)26-13-15-29-16-14-26/h2-3,5,7,19,21H,4,6,8-17H2,1H3. The number of hydrogen-bond acceptors (Lipinski definition) is 4. The van der Waals surface area contributed by atoms with Crippen molar-refractivity contribution in [2.24, 2.45) is 5.92 Å². The Bertz CT molecular complexity index is 724. The molecule has 6 heteroatoms. The fourth-order valence-corrected chi connectivity index (χ4v) is 4.99. The van der Waals surface area contributed by atoms with Crippen molar-refractivity contribution in [3.63, 3.8) is 0 Å². The van der Waals surface area contributed by atoms with E-state index in [1.165, 1.54) is 11.1 Å². The van der Waals surface area contributed by atoms with E-state index in [0.717, 1.165) is 45.2 Å². The Hall–Kier alpha value is -1.92. The first-order valence-corrected chi connectivity index (χ1v) is 11.1. The highest BCUT2D eigenvalue weighted by Gasteiger charge is 2.31. The minimum Gasteiger partial charge on any atom is -0.378 e. The van der Waals surface area contributed by atoms with Crippen LogP contribution in [0, 0.1) is 5.92 Å². The van der Waals surface area contributed by atoms with Crippen LogP contribution in [0.4, 0.5) is 0 Å². The number of piperidine rings is 1. The average molecular weight is 400 g/mol. The summed E-state index contributed by atoms with van der Waals surface area (Å²) in [4.78, 5) is 31.8. The molecule has 1 aromatic carbocycles. The lowest BCUT2D eigenvalue weighted by molar-refractivity contribution is -0.141. The van der Waals surface area contributed by atoms with Crippen LogP contribution in [0.3, 0.4) is 0 Å². The van der Waals surface area contributed by atoms with Gasteiger partial charge in [-0.1, -0.05) is 24.3 Å². The lowest BCUT2D eigenvalue weighted by Crippen LogP contribution is -2.48. The Morgan fingerprint density at radius 2 is 1.79 bits per heavy atom. The molecule has 0 aromatic heterocycles. The molecule has 2 amide bonds. The number of hydrogen-bond donors (Lipinski definition) is 0. The molecule has 0 bridgehead atoms. The Balaban J connectivity index is 1.28. The Morgan fingerprint density at radius 3 is 2.55 bits per heavy atom. The van der Waals surface area contributed by atoms with E-state index in [1.807, 2.05) is 16.8 Å². The summed E-state index contributed by atoms with van der Waals surface area (Å²) >= 11 is 0. The van der Waals surface area contributed by atoms with E-state index in [-0.39, 0.29) is 23.8 Å². The minimum absolute atomic E-state index is 0.0994. The number of carbonyl (C=O) groups is 2. The minimum atomic E-state index is 0.0994. The second kappa shape index (κ2) is 9.26. The summed E-state index contributed by atoms with van der Waals surface area (Å²) in [5.74, 6) is 0.558. The first kappa shape index (κ1) is 20.4. The molecule has 158 valence electrons. The molecule has 0 radical (unpaired) electrons. The Labute approximate surface area is 173 Å². The summed E-state index contributed by atoms with van der Waals surface area (Å²) in [5, 5.41) is 0. The molecule has 2 heterocycles. The average Bonchev–Trinajstić information content (AvgIpc) is 2.79. The third-order valence-electron chi connectivity index (χ3n) is 6.82. The fraction of sp³-hybridized carbons (Fsp3) is 0.652. The molecule has 1 aromatic rings. The molecule has 2 aliphatic heterocycles. The highest BCUT2D eigenvalue weighted by Crippen LogP contribution is 2.33. The maximum atomic E-state index is 13.0. The molecule has 29 heavy (non-hydrogen) atoms. The molecule has 0 N–H and O–H groups in total. The number of fused-ring (bicyclic) bond motifs is 1. The van der Waals surface area contributed by atoms with Gasteiger partial charge in [-0.2, -0.15) is 0 Å². The van der Waals surface area contributed by atoms with Crippen LogP contribution in [0.2, 0.25) is 0 Å². The van der Waals surface area contributed by atoms with Crippen molar-refractivity contribution in [2.45, 2.75) is 38.1 Å². The molecule has 4 rings (SSSR count). The molecule has 6 nitrogen and oxygen atoms in total. The number of morpholine rings is 1. The summed E-state index contributed by atoms with van der Waals surface area (Å²) in [6.07, 6.45) is 4.97. The second-order valence-electron chi connectivity index (χ2n) is 8.60. The number of nitrogens with zero attached hydrogens (tertiary/aromatic N) is 3. The van der Waals surface area contributed by atoms with Crippen LogP contribution in [-0.4, -0.2) is 79.5 Å². The van der Waals surface area contributed by atoms with Crippen LogP contribution in [0.1, 0.15) is 42.9 Å². The van der Waals surface area contributed by atoms with Gasteiger partial charge in [0.15, 0.2) is 0 Å². The summed E-state index contributed by atoms with van der Waals surface area (Å²) in [7, 11) is 1.95. The van der Waals surface area contributed by atoms with E-state index in [1.54, 1.807) is 0 Å². The van der Waals surface area contributed by atoms with Crippen LogP contribution in [-0.2, 0) is 20.7 Å². The largest absolute Gasteiger partial charge is 0.378 e. The third-order valence-corrected chi connectivity index (χ3v) is 6.82. The predicted octanol–water partition coefficient (Wildman–Crippen LogP) is 2.09.